The van der Waals surface area contributed by atoms with Crippen LogP contribution in [0.1, 0.15) is 5.56 Å². The summed E-state index contributed by atoms with van der Waals surface area (Å²) in [6.07, 6.45) is 1.34. The molecular formula is C16H15BrClN3O3. The van der Waals surface area contributed by atoms with Gasteiger partial charge < -0.3 is 15.2 Å². The van der Waals surface area contributed by atoms with Crippen LogP contribution < -0.4 is 15.5 Å². The third-order valence-electron chi connectivity index (χ3n) is 3.00. The molecule has 0 bridgehead atoms. The molecule has 2 aromatic rings. The van der Waals surface area contributed by atoms with E-state index in [-0.39, 0.29) is 18.2 Å². The predicted octanol–water partition coefficient (Wildman–Crippen LogP) is 3.38. The monoisotopic (exact) mass is 411 g/mol. The smallest absolute Gasteiger partial charge is 0.259 e. The molecule has 8 heteroatoms. The van der Waals surface area contributed by atoms with Gasteiger partial charge in [-0.05, 0) is 52.3 Å². The summed E-state index contributed by atoms with van der Waals surface area (Å²) in [4.78, 5) is 11.8. The normalized spacial score (nSPS) is 10.6. The lowest BCUT2D eigenvalue weighted by molar-refractivity contribution is -0.119. The van der Waals surface area contributed by atoms with Crippen molar-refractivity contribution < 1.29 is 14.6 Å². The molecule has 0 unspecified atom stereocenters. The number of hydrogen-bond donors (Lipinski definition) is 3. The molecule has 0 radical (unpaired) electrons. The summed E-state index contributed by atoms with van der Waals surface area (Å²) in [7, 11) is 1.52. The molecule has 24 heavy (non-hydrogen) atoms. The number of phenols is 1. The number of methoxy groups -OCH3 is 1. The molecule has 0 aliphatic carbocycles. The number of nitrogens with zero attached hydrogens (tertiary/aromatic N) is 1. The van der Waals surface area contributed by atoms with Crippen LogP contribution in [0.3, 0.4) is 0 Å². The van der Waals surface area contributed by atoms with E-state index in [1.807, 2.05) is 0 Å². The van der Waals surface area contributed by atoms with Gasteiger partial charge in [-0.15, -0.1) is 0 Å². The molecule has 0 heterocycles. The first-order chi connectivity index (χ1) is 11.5. The minimum absolute atomic E-state index is 0.0294. The number of ether oxygens (including phenoxy) is 1. The lowest BCUT2D eigenvalue weighted by Gasteiger charge is -2.07. The molecular weight excluding hydrogens is 398 g/mol. The Kier molecular flexibility index (Phi) is 6.45. The molecule has 3 N–H and O–H groups in total. The Morgan fingerprint density at radius 3 is 2.88 bits per heavy atom. The number of anilines is 1. The van der Waals surface area contributed by atoms with Gasteiger partial charge in [0, 0.05) is 20.7 Å². The molecule has 0 atom stereocenters. The minimum atomic E-state index is -0.338. The van der Waals surface area contributed by atoms with Crippen molar-refractivity contribution in [3.05, 3.63) is 51.5 Å². The van der Waals surface area contributed by atoms with Crippen molar-refractivity contribution in [1.82, 2.24) is 5.43 Å². The van der Waals surface area contributed by atoms with Crippen LogP contribution in [0, 0.1) is 0 Å². The fraction of sp³-hybridized carbons (Fsp3) is 0.125. The molecule has 6 nitrogen and oxygen atoms in total. The third kappa shape index (κ3) is 5.14. The van der Waals surface area contributed by atoms with E-state index in [0.29, 0.717) is 16.3 Å². The van der Waals surface area contributed by atoms with Gasteiger partial charge in [0.2, 0.25) is 0 Å². The Morgan fingerprint density at radius 2 is 2.17 bits per heavy atom. The number of benzene rings is 2. The minimum Gasteiger partial charge on any atom is -0.507 e. The number of nitrogens with one attached hydrogen (secondary N) is 2. The van der Waals surface area contributed by atoms with Gasteiger partial charge in [-0.2, -0.15) is 5.10 Å². The van der Waals surface area contributed by atoms with Gasteiger partial charge in [0.25, 0.3) is 5.91 Å². The number of carbonyl (C=O) groups is 1. The summed E-state index contributed by atoms with van der Waals surface area (Å²) in [6.45, 7) is 0.0294. The fourth-order valence-electron chi connectivity index (χ4n) is 1.78. The number of halogens is 2. The zero-order chi connectivity index (χ0) is 17.5. The largest absolute Gasteiger partial charge is 0.507 e. The topological polar surface area (TPSA) is 83.0 Å². The van der Waals surface area contributed by atoms with Gasteiger partial charge in [0.1, 0.15) is 11.5 Å². The molecule has 0 saturated heterocycles. The number of amides is 1. The highest BCUT2D eigenvalue weighted by Crippen LogP contribution is 2.25. The number of hydrazone groups is 1. The van der Waals surface area contributed by atoms with Gasteiger partial charge in [-0.1, -0.05) is 11.6 Å². The highest BCUT2D eigenvalue weighted by Gasteiger charge is 2.04. The van der Waals surface area contributed by atoms with Gasteiger partial charge in [-0.25, -0.2) is 5.43 Å². The van der Waals surface area contributed by atoms with Gasteiger partial charge in [-0.3, -0.25) is 4.79 Å². The molecule has 2 rings (SSSR count). The Bertz CT molecular complexity index is 768. The van der Waals surface area contributed by atoms with E-state index in [1.165, 1.54) is 19.4 Å². The van der Waals surface area contributed by atoms with Crippen molar-refractivity contribution in [2.45, 2.75) is 0 Å². The molecule has 126 valence electrons. The molecule has 1 amide bonds. The molecule has 0 aliphatic rings. The molecule has 0 spiro atoms. The van der Waals surface area contributed by atoms with E-state index >= 15 is 0 Å². The fourth-order valence-corrected chi connectivity index (χ4v) is 2.61. The van der Waals surface area contributed by atoms with E-state index in [2.05, 4.69) is 31.8 Å². The van der Waals surface area contributed by atoms with Crippen molar-refractivity contribution in [2.75, 3.05) is 19.0 Å². The quantitative estimate of drug-likeness (QED) is 0.502. The summed E-state index contributed by atoms with van der Waals surface area (Å²) in [6, 6.07) is 9.92. The van der Waals surface area contributed by atoms with Gasteiger partial charge in [0.15, 0.2) is 0 Å². The number of aromatic hydroxyl groups is 1. The highest BCUT2D eigenvalue weighted by molar-refractivity contribution is 9.10. The summed E-state index contributed by atoms with van der Waals surface area (Å²) < 4.78 is 5.82. The van der Waals surface area contributed by atoms with E-state index in [0.717, 1.165) is 10.2 Å². The maximum absolute atomic E-state index is 11.8. The number of phenolic OH excluding ortho intramolecular Hbond substituents is 1. The van der Waals surface area contributed by atoms with Crippen LogP contribution in [-0.4, -0.2) is 30.9 Å². The molecule has 0 aliphatic heterocycles. The summed E-state index contributed by atoms with van der Waals surface area (Å²) in [5, 5.41) is 17.1. The third-order valence-corrected chi connectivity index (χ3v) is 3.89. The zero-order valence-corrected chi connectivity index (χ0v) is 15.1. The average Bonchev–Trinajstić information content (AvgIpc) is 2.55. The standard InChI is InChI=1S/C16H15BrClN3O3/c1-24-12-3-5-15(22)10(6-12)8-20-21-16(23)9-19-14-4-2-11(18)7-13(14)17/h2-8,19,22H,9H2,1H3,(H,21,23)/b20-8-. The predicted molar refractivity (Wildman–Crippen MR) is 98.0 cm³/mol. The van der Waals surface area contributed by atoms with Crippen molar-refractivity contribution in [1.29, 1.82) is 0 Å². The van der Waals surface area contributed by atoms with Crippen molar-refractivity contribution in [2.24, 2.45) is 5.10 Å². The second-order valence-electron chi connectivity index (χ2n) is 4.70. The van der Waals surface area contributed by atoms with Crippen LogP contribution in [0.15, 0.2) is 46.0 Å². The first kappa shape index (κ1) is 18.1. The van der Waals surface area contributed by atoms with Crippen molar-refractivity contribution in [3.63, 3.8) is 0 Å². The number of carbonyl (C=O) groups excluding carboxylic acids is 1. The van der Waals surface area contributed by atoms with Gasteiger partial charge >= 0.3 is 0 Å². The van der Waals surface area contributed by atoms with Crippen LogP contribution in [0.25, 0.3) is 0 Å². The lowest BCUT2D eigenvalue weighted by Crippen LogP contribution is -2.26. The molecule has 0 aromatic heterocycles. The molecule has 0 saturated carbocycles. The van der Waals surface area contributed by atoms with Crippen molar-refractivity contribution >= 4 is 45.3 Å². The van der Waals surface area contributed by atoms with E-state index in [1.54, 1.807) is 30.3 Å². The van der Waals surface area contributed by atoms with Crippen LogP contribution in [0.2, 0.25) is 5.02 Å². The second-order valence-corrected chi connectivity index (χ2v) is 5.99. The maximum Gasteiger partial charge on any atom is 0.259 e. The Labute approximate surface area is 152 Å². The summed E-state index contributed by atoms with van der Waals surface area (Å²) in [5.74, 6) is 0.280. The van der Waals surface area contributed by atoms with E-state index in [4.69, 9.17) is 16.3 Å². The second kappa shape index (κ2) is 8.56. The lowest BCUT2D eigenvalue weighted by atomic mass is 10.2. The van der Waals surface area contributed by atoms with Crippen LogP contribution >= 0.6 is 27.5 Å². The van der Waals surface area contributed by atoms with Crippen LogP contribution in [-0.2, 0) is 4.79 Å². The first-order valence-corrected chi connectivity index (χ1v) is 8.04. The zero-order valence-electron chi connectivity index (χ0n) is 12.7. The first-order valence-electron chi connectivity index (χ1n) is 6.87. The SMILES string of the molecule is COc1ccc(O)c(/C=N\NC(=O)CNc2ccc(Cl)cc2Br)c1. The summed E-state index contributed by atoms with van der Waals surface area (Å²) >= 11 is 9.21. The van der Waals surface area contributed by atoms with Crippen LogP contribution in [0.4, 0.5) is 5.69 Å². The maximum atomic E-state index is 11.8. The Hall–Kier alpha value is -2.25. The van der Waals surface area contributed by atoms with Crippen molar-refractivity contribution in [3.8, 4) is 11.5 Å². The van der Waals surface area contributed by atoms with Gasteiger partial charge in [0.05, 0.1) is 19.9 Å². The average molecular weight is 413 g/mol. The van der Waals surface area contributed by atoms with E-state index in [9.17, 15) is 9.90 Å². The van der Waals surface area contributed by atoms with E-state index < -0.39 is 0 Å². The Balaban J connectivity index is 1.89. The highest BCUT2D eigenvalue weighted by atomic mass is 79.9. The number of hydrogen-bond acceptors (Lipinski definition) is 5. The van der Waals surface area contributed by atoms with Crippen LogP contribution in [0.5, 0.6) is 11.5 Å². The Morgan fingerprint density at radius 1 is 1.38 bits per heavy atom. The molecule has 2 aromatic carbocycles. The molecule has 0 fully saturated rings. The summed E-state index contributed by atoms with van der Waals surface area (Å²) in [5.41, 5.74) is 3.54. The number of rotatable bonds is 6.